The number of benzene rings is 1. The standard InChI is InChI=1S/C20H21B2FN3O5S/c1-11(2)17(27)24-14-8-9-26(20(29)25-14)18-15(23)16(13(32-18)10-30-22-21)31-19(28)12-6-4-3-5-7-12/h3-9,11,13,15-16,18H,10H2,1-2H3,(H,24,25,27,29)/t13-,15+,16?,18-/m1/s1. The van der Waals surface area contributed by atoms with Gasteiger partial charge in [-0.2, -0.15) is 0 Å². The average molecular weight is 456 g/mol. The van der Waals surface area contributed by atoms with Crippen LogP contribution in [0.4, 0.5) is 10.2 Å². The number of nitrogens with one attached hydrogen (secondary N) is 1. The summed E-state index contributed by atoms with van der Waals surface area (Å²) in [7, 11) is 6.24. The third kappa shape index (κ3) is 5.53. The molecule has 1 fully saturated rings. The Morgan fingerprint density at radius 3 is 2.66 bits per heavy atom. The van der Waals surface area contributed by atoms with Crippen molar-refractivity contribution >= 4 is 43.8 Å². The minimum absolute atomic E-state index is 0.0183. The van der Waals surface area contributed by atoms with Gasteiger partial charge in [-0.1, -0.05) is 13.8 Å². The summed E-state index contributed by atoms with van der Waals surface area (Å²) in [5, 5.41) is 0.904. The number of aromatic nitrogens is 2. The number of amides is 1. The molecular formula is C20H21B2FN3O5S. The van der Waals surface area contributed by atoms with Gasteiger partial charge < -0.3 is 0 Å². The van der Waals surface area contributed by atoms with Crippen molar-refractivity contribution in [1.29, 1.82) is 0 Å². The second-order valence-electron chi connectivity index (χ2n) is 7.36. The Morgan fingerprint density at radius 2 is 2.03 bits per heavy atom. The summed E-state index contributed by atoms with van der Waals surface area (Å²) in [6, 6.07) is 9.63. The first kappa shape index (κ1) is 23.9. The van der Waals surface area contributed by atoms with Crippen molar-refractivity contribution in [3.8, 4) is 0 Å². The second kappa shape index (κ2) is 10.7. The molecule has 1 aliphatic rings. The molecule has 1 unspecified atom stereocenters. The molecule has 0 aliphatic carbocycles. The molecule has 1 aromatic carbocycles. The molecule has 1 aromatic heterocycles. The van der Waals surface area contributed by atoms with Crippen LogP contribution in [0.3, 0.4) is 0 Å². The van der Waals surface area contributed by atoms with E-state index in [-0.39, 0.29) is 29.8 Å². The van der Waals surface area contributed by atoms with Gasteiger partial charge in [-0.25, -0.2) is 0 Å². The predicted octanol–water partition coefficient (Wildman–Crippen LogP) is 1.73. The van der Waals surface area contributed by atoms with E-state index >= 15 is 4.39 Å². The molecule has 1 saturated heterocycles. The number of halogens is 1. The Morgan fingerprint density at radius 1 is 1.31 bits per heavy atom. The topological polar surface area (TPSA) is 99.5 Å². The minimum atomic E-state index is -1.71. The van der Waals surface area contributed by atoms with Crippen LogP contribution in [-0.4, -0.2) is 59.9 Å². The van der Waals surface area contributed by atoms with Gasteiger partial charge in [-0.05, 0) is 0 Å². The SMILES string of the molecule is [B]=BOC[C@H]1S[C@@H](n2ccc(NC(=O)C(C)C)nc2=O)[C@@H](F)C1OC(=O)c1ccccc1. The Kier molecular flexibility index (Phi) is 8.00. The summed E-state index contributed by atoms with van der Waals surface area (Å²) in [6.45, 7) is 3.39. The van der Waals surface area contributed by atoms with Gasteiger partial charge in [0, 0.05) is 0 Å². The number of anilines is 1. The number of hydrogen-bond acceptors (Lipinski definition) is 7. The quantitative estimate of drug-likeness (QED) is 0.478. The molecule has 4 atom stereocenters. The third-order valence-corrected chi connectivity index (χ3v) is 6.28. The van der Waals surface area contributed by atoms with Gasteiger partial charge in [0.15, 0.2) is 0 Å². The monoisotopic (exact) mass is 456 g/mol. The molecule has 1 N–H and O–H groups in total. The molecular weight excluding hydrogens is 435 g/mol. The number of hydrogen-bond donors (Lipinski definition) is 1. The summed E-state index contributed by atoms with van der Waals surface area (Å²) in [6.07, 6.45) is -1.54. The van der Waals surface area contributed by atoms with Crippen LogP contribution in [0.2, 0.25) is 0 Å². The normalized spacial score (nSPS) is 22.2. The Bertz CT molecular complexity index is 1040. The van der Waals surface area contributed by atoms with Gasteiger partial charge >= 0.3 is 176 Å². The van der Waals surface area contributed by atoms with E-state index in [1.807, 2.05) is 0 Å². The third-order valence-electron chi connectivity index (χ3n) is 4.76. The number of thioether (sulfide) groups is 1. The summed E-state index contributed by atoms with van der Waals surface area (Å²) >= 11 is 1.08. The number of ether oxygens (including phenoxy) is 1. The first-order chi connectivity index (χ1) is 15.3. The molecule has 0 saturated carbocycles. The molecule has 3 rings (SSSR count). The maximum atomic E-state index is 15.4. The van der Waals surface area contributed by atoms with Crippen molar-refractivity contribution in [1.82, 2.24) is 9.55 Å². The van der Waals surface area contributed by atoms with Gasteiger partial charge in [0.05, 0.1) is 0 Å². The van der Waals surface area contributed by atoms with E-state index in [1.165, 1.54) is 12.3 Å². The zero-order chi connectivity index (χ0) is 23.3. The second-order valence-corrected chi connectivity index (χ2v) is 8.72. The molecule has 165 valence electrons. The molecule has 0 bridgehead atoms. The summed E-state index contributed by atoms with van der Waals surface area (Å²) in [5.74, 6) is -1.19. The van der Waals surface area contributed by atoms with Crippen LogP contribution in [0.5, 0.6) is 0 Å². The van der Waals surface area contributed by atoms with E-state index in [9.17, 15) is 14.4 Å². The molecule has 2 aromatic rings. The fourth-order valence-electron chi connectivity index (χ4n) is 3.06. The fourth-order valence-corrected chi connectivity index (χ4v) is 4.53. The van der Waals surface area contributed by atoms with Crippen LogP contribution in [0.25, 0.3) is 0 Å². The zero-order valence-corrected chi connectivity index (χ0v) is 18.3. The Balaban J connectivity index is 1.81. The van der Waals surface area contributed by atoms with Crippen LogP contribution in [0.1, 0.15) is 29.6 Å². The van der Waals surface area contributed by atoms with Crippen molar-refractivity contribution < 1.29 is 23.4 Å². The van der Waals surface area contributed by atoms with Gasteiger partial charge in [0.1, 0.15) is 0 Å². The summed E-state index contributed by atoms with van der Waals surface area (Å²) < 4.78 is 27.1. The van der Waals surface area contributed by atoms with Crippen LogP contribution in [-0.2, 0) is 14.2 Å². The number of rotatable bonds is 8. The molecule has 12 heteroatoms. The van der Waals surface area contributed by atoms with E-state index < -0.39 is 34.6 Å². The molecule has 32 heavy (non-hydrogen) atoms. The molecule has 0 spiro atoms. The number of esters is 1. The molecule has 1 amide bonds. The van der Waals surface area contributed by atoms with E-state index in [2.05, 4.69) is 10.3 Å². The van der Waals surface area contributed by atoms with E-state index in [4.69, 9.17) is 16.8 Å². The number of alkyl halides is 1. The molecule has 8 nitrogen and oxygen atoms in total. The van der Waals surface area contributed by atoms with Crippen molar-refractivity contribution in [2.45, 2.75) is 36.7 Å². The number of carbonyl (C=O) groups is 2. The summed E-state index contributed by atoms with van der Waals surface area (Å²) in [4.78, 5) is 40.7. The molecule has 1 radical (unpaired) electrons. The first-order valence-electron chi connectivity index (χ1n) is 9.92. The van der Waals surface area contributed by atoms with Gasteiger partial charge in [0.25, 0.3) is 0 Å². The summed E-state index contributed by atoms with van der Waals surface area (Å²) in [5.41, 5.74) is -0.464. The predicted molar refractivity (Wildman–Crippen MR) is 120 cm³/mol. The zero-order valence-electron chi connectivity index (χ0n) is 17.5. The van der Waals surface area contributed by atoms with Crippen LogP contribution < -0.4 is 11.0 Å². The van der Waals surface area contributed by atoms with Crippen LogP contribution in [0, 0.1) is 5.92 Å². The van der Waals surface area contributed by atoms with E-state index in [1.54, 1.807) is 44.2 Å². The average Bonchev–Trinajstić information content (AvgIpc) is 3.08. The first-order valence-corrected chi connectivity index (χ1v) is 10.9. The molecule has 2 heterocycles. The Hall–Kier alpha value is -2.75. The Labute approximate surface area is 190 Å². The maximum absolute atomic E-state index is 15.4. The van der Waals surface area contributed by atoms with Crippen molar-refractivity contribution in [2.75, 3.05) is 11.9 Å². The van der Waals surface area contributed by atoms with Gasteiger partial charge in [0.2, 0.25) is 0 Å². The van der Waals surface area contributed by atoms with Crippen molar-refractivity contribution in [3.05, 3.63) is 58.6 Å². The number of nitrogens with zero attached hydrogens (tertiary/aromatic N) is 2. The molecule has 1 aliphatic heterocycles. The van der Waals surface area contributed by atoms with E-state index in [0.29, 0.717) is 0 Å². The van der Waals surface area contributed by atoms with Crippen LogP contribution >= 0.6 is 11.8 Å². The van der Waals surface area contributed by atoms with Crippen molar-refractivity contribution in [2.24, 2.45) is 5.92 Å². The van der Waals surface area contributed by atoms with Gasteiger partial charge in [-0.15, -0.1) is 0 Å². The van der Waals surface area contributed by atoms with Crippen LogP contribution in [0.15, 0.2) is 47.4 Å². The van der Waals surface area contributed by atoms with E-state index in [0.717, 1.165) is 23.3 Å². The van der Waals surface area contributed by atoms with Crippen molar-refractivity contribution in [3.63, 3.8) is 0 Å². The number of carbonyl (C=O) groups excluding carboxylic acids is 2. The van der Waals surface area contributed by atoms with Gasteiger partial charge in [-0.3, -0.25) is 0 Å². The fraction of sp³-hybridized carbons (Fsp3) is 0.400.